The number of carboxylic acids is 1. The van der Waals surface area contributed by atoms with E-state index in [1.165, 1.54) is 0 Å². The number of piperidine rings is 1. The average molecular weight is 211 g/mol. The van der Waals surface area contributed by atoms with Crippen LogP contribution in [0.1, 0.15) is 6.42 Å². The molecule has 0 saturated carbocycles. The van der Waals surface area contributed by atoms with E-state index in [0.29, 0.717) is 0 Å². The first kappa shape index (κ1) is 10.8. The molecule has 0 aromatic carbocycles. The lowest BCUT2D eigenvalue weighted by molar-refractivity contribution is -0.202. The summed E-state index contributed by atoms with van der Waals surface area (Å²) in [4.78, 5) is 21.2. The minimum Gasteiger partial charge on any atom is -0.481 e. The zero-order valence-corrected chi connectivity index (χ0v) is 6.97. The molecule has 80 valence electrons. The summed E-state index contributed by atoms with van der Waals surface area (Å²) in [5.41, 5.74) is 0. The summed E-state index contributed by atoms with van der Waals surface area (Å²) in [6.07, 6.45) is -5.44. The van der Waals surface area contributed by atoms with Crippen LogP contribution in [0.25, 0.3) is 0 Å². The van der Waals surface area contributed by atoms with Gasteiger partial charge < -0.3 is 10.4 Å². The zero-order valence-electron chi connectivity index (χ0n) is 6.97. The minimum atomic E-state index is -4.64. The van der Waals surface area contributed by atoms with Crippen LogP contribution in [0, 0.1) is 11.8 Å². The van der Waals surface area contributed by atoms with Crippen molar-refractivity contribution in [2.24, 2.45) is 11.8 Å². The molecule has 1 heterocycles. The maximum absolute atomic E-state index is 12.3. The number of hydrogen-bond acceptors (Lipinski definition) is 2. The van der Waals surface area contributed by atoms with Crippen LogP contribution in [0.4, 0.5) is 13.2 Å². The summed E-state index contributed by atoms with van der Waals surface area (Å²) in [6.45, 7) is -0.460. The molecule has 0 bridgehead atoms. The fraction of sp³-hybridized carbons (Fsp3) is 0.714. The third-order valence-electron chi connectivity index (χ3n) is 2.15. The minimum absolute atomic E-state index is 0.460. The van der Waals surface area contributed by atoms with E-state index in [9.17, 15) is 22.8 Å². The highest BCUT2D eigenvalue weighted by molar-refractivity contribution is 5.81. The van der Waals surface area contributed by atoms with Crippen molar-refractivity contribution in [3.05, 3.63) is 0 Å². The third kappa shape index (κ3) is 2.15. The molecular weight excluding hydrogens is 203 g/mol. The molecule has 1 saturated heterocycles. The number of halogens is 3. The monoisotopic (exact) mass is 211 g/mol. The molecule has 0 aromatic rings. The quantitative estimate of drug-likeness (QED) is 0.659. The van der Waals surface area contributed by atoms with Crippen molar-refractivity contribution in [1.82, 2.24) is 5.32 Å². The van der Waals surface area contributed by atoms with Crippen molar-refractivity contribution in [2.45, 2.75) is 12.6 Å². The molecule has 0 spiro atoms. The molecular formula is C7H8F3NO3. The largest absolute Gasteiger partial charge is 0.481 e. The van der Waals surface area contributed by atoms with Crippen LogP contribution in [-0.4, -0.2) is 29.7 Å². The van der Waals surface area contributed by atoms with Gasteiger partial charge >= 0.3 is 12.1 Å². The maximum atomic E-state index is 12.3. The van der Waals surface area contributed by atoms with Crippen LogP contribution in [0.3, 0.4) is 0 Å². The van der Waals surface area contributed by atoms with Crippen molar-refractivity contribution in [3.63, 3.8) is 0 Å². The van der Waals surface area contributed by atoms with Gasteiger partial charge in [-0.3, -0.25) is 9.59 Å². The molecule has 1 aliphatic heterocycles. The predicted octanol–water partition coefficient (Wildman–Crippen LogP) is 0.386. The molecule has 7 heteroatoms. The SMILES string of the molecule is O=C1C[C@H](C(F)(F)F)[C@@H](C(=O)O)CN1. The van der Waals surface area contributed by atoms with Crippen molar-refractivity contribution >= 4 is 11.9 Å². The van der Waals surface area contributed by atoms with E-state index in [2.05, 4.69) is 5.32 Å². The first-order valence-corrected chi connectivity index (χ1v) is 3.88. The van der Waals surface area contributed by atoms with Gasteiger partial charge in [0.25, 0.3) is 0 Å². The molecule has 4 nitrogen and oxygen atoms in total. The van der Waals surface area contributed by atoms with Gasteiger partial charge in [-0.15, -0.1) is 0 Å². The zero-order chi connectivity index (χ0) is 10.9. The Balaban J connectivity index is 2.84. The summed E-state index contributed by atoms with van der Waals surface area (Å²) >= 11 is 0. The average Bonchev–Trinajstić information content (AvgIpc) is 2.01. The first-order chi connectivity index (χ1) is 6.32. The van der Waals surface area contributed by atoms with Gasteiger partial charge in [0, 0.05) is 13.0 Å². The van der Waals surface area contributed by atoms with Crippen LogP contribution < -0.4 is 5.32 Å². The van der Waals surface area contributed by atoms with Gasteiger partial charge in [0.2, 0.25) is 5.91 Å². The third-order valence-corrected chi connectivity index (χ3v) is 2.15. The number of hydrogen-bond donors (Lipinski definition) is 2. The maximum Gasteiger partial charge on any atom is 0.393 e. The summed E-state index contributed by atoms with van der Waals surface area (Å²) < 4.78 is 36.8. The molecule has 0 unspecified atom stereocenters. The van der Waals surface area contributed by atoms with E-state index in [1.807, 2.05) is 0 Å². The highest BCUT2D eigenvalue weighted by Gasteiger charge is 2.50. The van der Waals surface area contributed by atoms with Gasteiger partial charge in [-0.1, -0.05) is 0 Å². The van der Waals surface area contributed by atoms with Gasteiger partial charge in [0.05, 0.1) is 11.8 Å². The topological polar surface area (TPSA) is 66.4 Å². The Morgan fingerprint density at radius 1 is 1.50 bits per heavy atom. The standard InChI is InChI=1S/C7H8F3NO3/c8-7(9,10)4-1-5(12)11-2-3(4)6(13)14/h3-4H,1-2H2,(H,11,12)(H,13,14)/t3-,4-/m0/s1. The van der Waals surface area contributed by atoms with E-state index in [-0.39, 0.29) is 0 Å². The molecule has 14 heavy (non-hydrogen) atoms. The Bertz CT molecular complexity index is 263. The van der Waals surface area contributed by atoms with E-state index in [0.717, 1.165) is 0 Å². The van der Waals surface area contributed by atoms with Crippen molar-refractivity contribution < 1.29 is 27.9 Å². The predicted molar refractivity (Wildman–Crippen MR) is 38.3 cm³/mol. The smallest absolute Gasteiger partial charge is 0.393 e. The number of alkyl halides is 3. The van der Waals surface area contributed by atoms with Crippen LogP contribution in [0.2, 0.25) is 0 Å². The van der Waals surface area contributed by atoms with E-state index < -0.39 is 42.9 Å². The molecule has 1 fully saturated rings. The first-order valence-electron chi connectivity index (χ1n) is 3.88. The van der Waals surface area contributed by atoms with Gasteiger partial charge in [0.15, 0.2) is 0 Å². The number of aliphatic carboxylic acids is 1. The lowest BCUT2D eigenvalue weighted by atomic mass is 9.85. The molecule has 0 radical (unpaired) electrons. The fourth-order valence-corrected chi connectivity index (χ4v) is 1.38. The Hall–Kier alpha value is -1.27. The van der Waals surface area contributed by atoms with Crippen molar-refractivity contribution in [2.75, 3.05) is 6.54 Å². The number of amides is 1. The van der Waals surface area contributed by atoms with E-state index >= 15 is 0 Å². The van der Waals surface area contributed by atoms with E-state index in [4.69, 9.17) is 5.11 Å². The highest BCUT2D eigenvalue weighted by Crippen LogP contribution is 2.36. The Kier molecular flexibility index (Phi) is 2.68. The fourth-order valence-electron chi connectivity index (χ4n) is 1.38. The number of carbonyl (C=O) groups excluding carboxylic acids is 1. The molecule has 2 atom stereocenters. The second kappa shape index (κ2) is 3.47. The van der Waals surface area contributed by atoms with Gasteiger partial charge in [0.1, 0.15) is 0 Å². The number of nitrogens with one attached hydrogen (secondary N) is 1. The molecule has 1 rings (SSSR count). The van der Waals surface area contributed by atoms with Gasteiger partial charge in [-0.2, -0.15) is 13.2 Å². The summed E-state index contributed by atoms with van der Waals surface area (Å²) in [7, 11) is 0. The van der Waals surface area contributed by atoms with Crippen molar-refractivity contribution in [1.29, 1.82) is 0 Å². The van der Waals surface area contributed by atoms with Crippen LogP contribution >= 0.6 is 0 Å². The van der Waals surface area contributed by atoms with E-state index in [1.54, 1.807) is 0 Å². The highest BCUT2D eigenvalue weighted by atomic mass is 19.4. The normalized spacial score (nSPS) is 28.4. The summed E-state index contributed by atoms with van der Waals surface area (Å²) in [5, 5.41) is 10.6. The van der Waals surface area contributed by atoms with Crippen LogP contribution in [0.5, 0.6) is 0 Å². The summed E-state index contributed by atoms with van der Waals surface area (Å²) in [5.74, 6) is -5.95. The lowest BCUT2D eigenvalue weighted by Crippen LogP contribution is -2.49. The van der Waals surface area contributed by atoms with Crippen LogP contribution in [0.15, 0.2) is 0 Å². The Morgan fingerprint density at radius 3 is 2.50 bits per heavy atom. The number of carbonyl (C=O) groups is 2. The van der Waals surface area contributed by atoms with Crippen molar-refractivity contribution in [3.8, 4) is 0 Å². The molecule has 2 N–H and O–H groups in total. The lowest BCUT2D eigenvalue weighted by Gasteiger charge is -2.29. The Labute approximate surface area is 77.1 Å². The second-order valence-electron chi connectivity index (χ2n) is 3.10. The molecule has 0 aliphatic carbocycles. The van der Waals surface area contributed by atoms with Gasteiger partial charge in [-0.25, -0.2) is 0 Å². The molecule has 1 aliphatic rings. The molecule has 1 amide bonds. The Morgan fingerprint density at radius 2 is 2.07 bits per heavy atom. The summed E-state index contributed by atoms with van der Waals surface area (Å²) in [6, 6.07) is 0. The van der Waals surface area contributed by atoms with Gasteiger partial charge in [-0.05, 0) is 0 Å². The molecule has 0 aromatic heterocycles. The number of carboxylic acid groups (broad SMARTS) is 1. The second-order valence-corrected chi connectivity index (χ2v) is 3.10. The van der Waals surface area contributed by atoms with Crippen LogP contribution in [-0.2, 0) is 9.59 Å². The number of rotatable bonds is 1.